The summed E-state index contributed by atoms with van der Waals surface area (Å²) in [6.45, 7) is 4.76. The van der Waals surface area contributed by atoms with Crippen LogP contribution in [0.15, 0.2) is 24.3 Å². The second-order valence-electron chi connectivity index (χ2n) is 6.75. The van der Waals surface area contributed by atoms with Crippen LogP contribution in [0.3, 0.4) is 0 Å². The summed E-state index contributed by atoms with van der Waals surface area (Å²) in [6, 6.07) is 7.71. The predicted octanol–water partition coefficient (Wildman–Crippen LogP) is 3.16. The summed E-state index contributed by atoms with van der Waals surface area (Å²) in [5.41, 5.74) is 6.98. The van der Waals surface area contributed by atoms with E-state index < -0.39 is 5.54 Å². The molecule has 3 rings (SSSR count). The van der Waals surface area contributed by atoms with E-state index in [2.05, 4.69) is 20.1 Å². The van der Waals surface area contributed by atoms with Crippen molar-refractivity contribution in [2.75, 3.05) is 5.32 Å². The Kier molecular flexibility index (Phi) is 6.19. The van der Waals surface area contributed by atoms with Crippen LogP contribution in [0.5, 0.6) is 0 Å². The highest BCUT2D eigenvalue weighted by Gasteiger charge is 2.27. The molecule has 1 aromatic carbocycles. The van der Waals surface area contributed by atoms with Crippen LogP contribution in [-0.4, -0.2) is 26.2 Å². The molecule has 0 spiro atoms. The second kappa shape index (κ2) is 7.97. The summed E-state index contributed by atoms with van der Waals surface area (Å²) in [6.07, 6.45) is 4.87. The van der Waals surface area contributed by atoms with Crippen molar-refractivity contribution < 1.29 is 4.79 Å². The Bertz CT molecular complexity index is 724. The van der Waals surface area contributed by atoms with Gasteiger partial charge in [-0.2, -0.15) is 0 Å². The Balaban J connectivity index is 0.00000225. The number of rotatable bonds is 5. The largest absolute Gasteiger partial charge is 0.325 e. The van der Waals surface area contributed by atoms with Gasteiger partial charge in [-0.1, -0.05) is 13.3 Å². The number of aryl methyl sites for hydroxylation is 1. The fraction of sp³-hybridized carbons (Fsp3) is 0.500. The highest BCUT2D eigenvalue weighted by molar-refractivity contribution is 5.97. The third-order valence-electron chi connectivity index (χ3n) is 4.55. The van der Waals surface area contributed by atoms with Gasteiger partial charge >= 0.3 is 0 Å². The molecule has 2 aromatic rings. The van der Waals surface area contributed by atoms with Crippen molar-refractivity contribution in [1.29, 1.82) is 0 Å². The molecule has 3 N–H and O–H groups in total. The van der Waals surface area contributed by atoms with Crippen LogP contribution in [0, 0.1) is 0 Å². The highest BCUT2D eigenvalue weighted by atomic mass is 35.5. The maximum Gasteiger partial charge on any atom is 0.244 e. The van der Waals surface area contributed by atoms with Crippen molar-refractivity contribution in [2.45, 2.75) is 58.0 Å². The fourth-order valence-electron chi connectivity index (χ4n) is 3.13. The van der Waals surface area contributed by atoms with Crippen molar-refractivity contribution in [2.24, 2.45) is 5.73 Å². The predicted molar refractivity (Wildman–Crippen MR) is 102 cm³/mol. The Hall–Kier alpha value is -1.92. The Morgan fingerprint density at radius 2 is 2.00 bits per heavy atom. The molecular formula is C18H26ClN5O. The number of nitrogens with zero attached hydrogens (tertiary/aromatic N) is 3. The highest BCUT2D eigenvalue weighted by Crippen LogP contribution is 2.24. The summed E-state index contributed by atoms with van der Waals surface area (Å²) in [7, 11) is 0. The average Bonchev–Trinajstić information content (AvgIpc) is 2.99. The second-order valence-corrected chi connectivity index (χ2v) is 6.75. The van der Waals surface area contributed by atoms with Crippen LogP contribution in [0.1, 0.15) is 45.4 Å². The molecule has 1 aliphatic heterocycles. The number of hydrogen-bond donors (Lipinski definition) is 2. The van der Waals surface area contributed by atoms with Crippen LogP contribution < -0.4 is 11.1 Å². The topological polar surface area (TPSA) is 85.8 Å². The molecule has 136 valence electrons. The zero-order valence-corrected chi connectivity index (χ0v) is 15.6. The van der Waals surface area contributed by atoms with Gasteiger partial charge in [0.25, 0.3) is 0 Å². The molecule has 1 atom stereocenters. The zero-order valence-electron chi connectivity index (χ0n) is 14.8. The molecule has 2 heterocycles. The van der Waals surface area contributed by atoms with E-state index in [0.717, 1.165) is 42.3 Å². The van der Waals surface area contributed by atoms with E-state index in [0.29, 0.717) is 6.42 Å². The summed E-state index contributed by atoms with van der Waals surface area (Å²) < 4.78 is 2.19. The molecule has 1 aromatic heterocycles. The molecule has 0 aliphatic carbocycles. The number of fused-ring (bicyclic) bond motifs is 1. The van der Waals surface area contributed by atoms with Crippen LogP contribution >= 0.6 is 12.4 Å². The van der Waals surface area contributed by atoms with Gasteiger partial charge in [0.1, 0.15) is 5.82 Å². The number of carbonyl (C=O) groups excluding carboxylic acids is 1. The first-order valence-electron chi connectivity index (χ1n) is 8.64. The Morgan fingerprint density at radius 1 is 1.28 bits per heavy atom. The molecule has 0 saturated heterocycles. The van der Waals surface area contributed by atoms with Crippen molar-refractivity contribution in [3.63, 3.8) is 0 Å². The summed E-state index contributed by atoms with van der Waals surface area (Å²) in [5.74, 6) is 1.81. The van der Waals surface area contributed by atoms with Crippen LogP contribution in [0.4, 0.5) is 5.69 Å². The van der Waals surface area contributed by atoms with Gasteiger partial charge < -0.3 is 15.6 Å². The molecule has 1 amide bonds. The first kappa shape index (κ1) is 19.4. The molecule has 7 heteroatoms. The maximum absolute atomic E-state index is 12.3. The molecule has 6 nitrogen and oxygen atoms in total. The fourth-order valence-corrected chi connectivity index (χ4v) is 3.13. The number of carbonyl (C=O) groups is 1. The van der Waals surface area contributed by atoms with E-state index in [4.69, 9.17) is 5.73 Å². The first-order chi connectivity index (χ1) is 11.5. The summed E-state index contributed by atoms with van der Waals surface area (Å²) in [5, 5.41) is 11.5. The quantitative estimate of drug-likeness (QED) is 0.854. The minimum Gasteiger partial charge on any atom is -0.325 e. The lowest BCUT2D eigenvalue weighted by Gasteiger charge is -2.22. The molecule has 0 fully saturated rings. The Labute approximate surface area is 154 Å². The van der Waals surface area contributed by atoms with Gasteiger partial charge in [-0.05, 0) is 50.5 Å². The monoisotopic (exact) mass is 363 g/mol. The van der Waals surface area contributed by atoms with E-state index in [1.807, 2.05) is 31.2 Å². The first-order valence-corrected chi connectivity index (χ1v) is 8.64. The van der Waals surface area contributed by atoms with Crippen molar-refractivity contribution in [3.05, 3.63) is 30.1 Å². The minimum absolute atomic E-state index is 0. The smallest absolute Gasteiger partial charge is 0.244 e. The van der Waals surface area contributed by atoms with E-state index >= 15 is 0 Å². The number of aromatic nitrogens is 3. The number of amides is 1. The number of nitrogens with one attached hydrogen (secondary N) is 1. The minimum atomic E-state index is -0.848. The van der Waals surface area contributed by atoms with Crippen molar-refractivity contribution in [3.8, 4) is 11.4 Å². The third-order valence-corrected chi connectivity index (χ3v) is 4.55. The third kappa shape index (κ3) is 4.19. The number of anilines is 1. The van der Waals surface area contributed by atoms with Gasteiger partial charge in [-0.15, -0.1) is 22.6 Å². The number of nitrogens with two attached hydrogens (primary N) is 1. The van der Waals surface area contributed by atoms with E-state index in [1.165, 1.54) is 12.8 Å². The zero-order chi connectivity index (χ0) is 17.2. The SMILES string of the molecule is CCCC(C)(N)C(=O)Nc1ccc(-c2nnc3n2CCCC3)cc1.Cl. The maximum atomic E-state index is 12.3. The van der Waals surface area contributed by atoms with Crippen molar-refractivity contribution in [1.82, 2.24) is 14.8 Å². The number of halogens is 1. The molecule has 0 bridgehead atoms. The lowest BCUT2D eigenvalue weighted by Crippen LogP contribution is -2.48. The average molecular weight is 364 g/mol. The number of hydrogen-bond acceptors (Lipinski definition) is 4. The normalized spacial score (nSPS) is 15.6. The molecule has 0 saturated carbocycles. The van der Waals surface area contributed by atoms with Gasteiger partial charge in [-0.3, -0.25) is 4.79 Å². The van der Waals surface area contributed by atoms with Gasteiger partial charge in [0.05, 0.1) is 5.54 Å². The van der Waals surface area contributed by atoms with Gasteiger partial charge in [0, 0.05) is 24.2 Å². The van der Waals surface area contributed by atoms with Crippen LogP contribution in [0.2, 0.25) is 0 Å². The van der Waals surface area contributed by atoms with Gasteiger partial charge in [-0.25, -0.2) is 0 Å². The van der Waals surface area contributed by atoms with E-state index in [1.54, 1.807) is 6.92 Å². The van der Waals surface area contributed by atoms with Crippen molar-refractivity contribution >= 4 is 24.0 Å². The Morgan fingerprint density at radius 3 is 2.68 bits per heavy atom. The summed E-state index contributed by atoms with van der Waals surface area (Å²) in [4.78, 5) is 12.3. The lowest BCUT2D eigenvalue weighted by molar-refractivity contribution is -0.120. The molecule has 0 radical (unpaired) electrons. The van der Waals surface area contributed by atoms with Gasteiger partial charge in [0.2, 0.25) is 5.91 Å². The van der Waals surface area contributed by atoms with E-state index in [9.17, 15) is 4.79 Å². The molecular weight excluding hydrogens is 338 g/mol. The summed E-state index contributed by atoms with van der Waals surface area (Å²) >= 11 is 0. The molecule has 25 heavy (non-hydrogen) atoms. The van der Waals surface area contributed by atoms with Gasteiger partial charge in [0.15, 0.2) is 5.82 Å². The van der Waals surface area contributed by atoms with Crippen LogP contribution in [0.25, 0.3) is 11.4 Å². The van der Waals surface area contributed by atoms with E-state index in [-0.39, 0.29) is 18.3 Å². The standard InChI is InChI=1S/C18H25N5O.ClH/c1-3-11-18(2,19)17(24)20-14-9-7-13(8-10-14)16-22-21-15-6-4-5-12-23(15)16;/h7-10H,3-6,11-12,19H2,1-2H3,(H,20,24);1H. The molecule has 1 unspecified atom stereocenters. The lowest BCUT2D eigenvalue weighted by atomic mass is 9.96. The number of benzene rings is 1. The molecule has 1 aliphatic rings. The van der Waals surface area contributed by atoms with Crippen LogP contribution in [-0.2, 0) is 17.8 Å².